The lowest BCUT2D eigenvalue weighted by Crippen LogP contribution is -1.95. The van der Waals surface area contributed by atoms with Crippen molar-refractivity contribution in [1.29, 1.82) is 0 Å². The summed E-state index contributed by atoms with van der Waals surface area (Å²) in [5.41, 5.74) is 3.64. The molecule has 3 nitrogen and oxygen atoms in total. The molecule has 0 fully saturated rings. The van der Waals surface area contributed by atoms with Gasteiger partial charge in [-0.1, -0.05) is 0 Å². The Hall–Kier alpha value is -1.90. The van der Waals surface area contributed by atoms with Gasteiger partial charge in [0.2, 0.25) is 0 Å². The number of pyridine rings is 1. The molecular weight excluding hydrogens is 188 g/mol. The smallest absolute Gasteiger partial charge is 0.162 e. The zero-order valence-corrected chi connectivity index (χ0v) is 8.74. The van der Waals surface area contributed by atoms with E-state index in [4.69, 9.17) is 0 Å². The Bertz CT molecular complexity index is 486. The van der Waals surface area contributed by atoms with Crippen LogP contribution in [0.1, 0.15) is 23.0 Å². The van der Waals surface area contributed by atoms with E-state index < -0.39 is 0 Å². The van der Waals surface area contributed by atoms with E-state index in [0.717, 1.165) is 22.4 Å². The number of H-pyrrole nitrogens is 1. The number of hydrogen-bond acceptors (Lipinski definition) is 2. The van der Waals surface area contributed by atoms with E-state index in [1.807, 2.05) is 25.3 Å². The number of aromatic amines is 1. The Morgan fingerprint density at radius 2 is 2.00 bits per heavy atom. The van der Waals surface area contributed by atoms with Gasteiger partial charge in [0, 0.05) is 35.4 Å². The highest BCUT2D eigenvalue weighted by Gasteiger charge is 2.13. The number of aromatic nitrogens is 2. The summed E-state index contributed by atoms with van der Waals surface area (Å²) in [5, 5.41) is 0. The summed E-state index contributed by atoms with van der Waals surface area (Å²) in [6.07, 6.45) is 5.31. The second kappa shape index (κ2) is 3.69. The van der Waals surface area contributed by atoms with Crippen molar-refractivity contribution < 1.29 is 4.79 Å². The molecule has 0 amide bonds. The lowest BCUT2D eigenvalue weighted by atomic mass is 10.0. The molecule has 0 aliphatic rings. The molecule has 0 unspecified atom stereocenters. The first kappa shape index (κ1) is 9.65. The van der Waals surface area contributed by atoms with E-state index in [2.05, 4.69) is 9.97 Å². The minimum Gasteiger partial charge on any atom is -0.364 e. The van der Waals surface area contributed by atoms with E-state index in [-0.39, 0.29) is 5.78 Å². The summed E-state index contributed by atoms with van der Waals surface area (Å²) < 4.78 is 0. The second-order valence-electron chi connectivity index (χ2n) is 3.49. The zero-order chi connectivity index (χ0) is 10.8. The molecule has 2 aromatic heterocycles. The molecule has 2 rings (SSSR count). The topological polar surface area (TPSA) is 45.8 Å². The minimum absolute atomic E-state index is 0.0839. The first-order chi connectivity index (χ1) is 7.20. The standard InChI is InChI=1S/C12H12N2O/c1-8-12(9(2)15)11(7-14-8)10-3-5-13-6-4-10/h3-7,14H,1-2H3. The number of rotatable bonds is 2. The van der Waals surface area contributed by atoms with Crippen LogP contribution in [-0.4, -0.2) is 15.8 Å². The average Bonchev–Trinajstić information content (AvgIpc) is 2.61. The van der Waals surface area contributed by atoms with Crippen molar-refractivity contribution in [3.05, 3.63) is 42.0 Å². The van der Waals surface area contributed by atoms with Crippen LogP contribution >= 0.6 is 0 Å². The minimum atomic E-state index is 0.0839. The first-order valence-corrected chi connectivity index (χ1v) is 4.79. The number of ketones is 1. The Labute approximate surface area is 88.2 Å². The number of carbonyl (C=O) groups is 1. The van der Waals surface area contributed by atoms with Crippen LogP contribution < -0.4 is 0 Å². The first-order valence-electron chi connectivity index (χ1n) is 4.79. The molecule has 2 aromatic rings. The maximum Gasteiger partial charge on any atom is 0.162 e. The highest BCUT2D eigenvalue weighted by atomic mass is 16.1. The Kier molecular flexibility index (Phi) is 2.37. The predicted octanol–water partition coefficient (Wildman–Crippen LogP) is 2.59. The lowest BCUT2D eigenvalue weighted by Gasteiger charge is -2.01. The van der Waals surface area contributed by atoms with Crippen molar-refractivity contribution in [2.45, 2.75) is 13.8 Å². The summed E-state index contributed by atoms with van der Waals surface area (Å²) in [4.78, 5) is 18.5. The third-order valence-corrected chi connectivity index (χ3v) is 2.42. The van der Waals surface area contributed by atoms with Crippen LogP contribution in [0.4, 0.5) is 0 Å². The van der Waals surface area contributed by atoms with Crippen LogP contribution in [0.3, 0.4) is 0 Å². The molecule has 0 saturated carbocycles. The molecule has 15 heavy (non-hydrogen) atoms. The van der Waals surface area contributed by atoms with Crippen LogP contribution in [0.5, 0.6) is 0 Å². The van der Waals surface area contributed by atoms with Gasteiger partial charge in [0.25, 0.3) is 0 Å². The average molecular weight is 200 g/mol. The summed E-state index contributed by atoms with van der Waals surface area (Å²) in [7, 11) is 0. The number of Topliss-reactive ketones (excluding diaryl/α,β-unsaturated/α-hetero) is 1. The second-order valence-corrected chi connectivity index (χ2v) is 3.49. The van der Waals surface area contributed by atoms with E-state index in [0.29, 0.717) is 0 Å². The van der Waals surface area contributed by atoms with Crippen LogP contribution in [0.15, 0.2) is 30.7 Å². The molecular formula is C12H12N2O. The molecule has 0 saturated heterocycles. The molecule has 0 aliphatic carbocycles. The van der Waals surface area contributed by atoms with Crippen molar-refractivity contribution in [3.8, 4) is 11.1 Å². The molecule has 1 N–H and O–H groups in total. The van der Waals surface area contributed by atoms with Crippen LogP contribution in [0.2, 0.25) is 0 Å². The highest BCUT2D eigenvalue weighted by Crippen LogP contribution is 2.25. The van der Waals surface area contributed by atoms with E-state index in [1.54, 1.807) is 19.3 Å². The lowest BCUT2D eigenvalue weighted by molar-refractivity contribution is 0.101. The number of nitrogens with zero attached hydrogens (tertiary/aromatic N) is 1. The number of carbonyl (C=O) groups excluding carboxylic acids is 1. The van der Waals surface area contributed by atoms with Crippen molar-refractivity contribution >= 4 is 5.78 Å². The quantitative estimate of drug-likeness (QED) is 0.757. The predicted molar refractivity (Wildman–Crippen MR) is 58.8 cm³/mol. The number of hydrogen-bond donors (Lipinski definition) is 1. The van der Waals surface area contributed by atoms with Gasteiger partial charge < -0.3 is 4.98 Å². The van der Waals surface area contributed by atoms with Crippen molar-refractivity contribution in [3.63, 3.8) is 0 Å². The largest absolute Gasteiger partial charge is 0.364 e. The van der Waals surface area contributed by atoms with Gasteiger partial charge in [0.05, 0.1) is 0 Å². The highest BCUT2D eigenvalue weighted by molar-refractivity contribution is 6.01. The van der Waals surface area contributed by atoms with Gasteiger partial charge in [-0.05, 0) is 31.5 Å². The van der Waals surface area contributed by atoms with Crippen molar-refractivity contribution in [2.24, 2.45) is 0 Å². The van der Waals surface area contributed by atoms with E-state index in [1.165, 1.54) is 0 Å². The molecule has 3 heteroatoms. The molecule has 0 bridgehead atoms. The molecule has 0 spiro atoms. The maximum absolute atomic E-state index is 11.5. The Morgan fingerprint density at radius 1 is 1.33 bits per heavy atom. The van der Waals surface area contributed by atoms with Gasteiger partial charge in [-0.3, -0.25) is 9.78 Å². The van der Waals surface area contributed by atoms with Crippen LogP contribution in [0, 0.1) is 6.92 Å². The van der Waals surface area contributed by atoms with Gasteiger partial charge in [-0.25, -0.2) is 0 Å². The fraction of sp³-hybridized carbons (Fsp3) is 0.167. The normalized spacial score (nSPS) is 10.3. The van der Waals surface area contributed by atoms with Gasteiger partial charge in [0.1, 0.15) is 0 Å². The molecule has 0 radical (unpaired) electrons. The zero-order valence-electron chi connectivity index (χ0n) is 8.74. The van der Waals surface area contributed by atoms with E-state index in [9.17, 15) is 4.79 Å². The third-order valence-electron chi connectivity index (χ3n) is 2.42. The summed E-state index contributed by atoms with van der Waals surface area (Å²) in [6, 6.07) is 3.80. The van der Waals surface area contributed by atoms with Gasteiger partial charge in [-0.15, -0.1) is 0 Å². The van der Waals surface area contributed by atoms with E-state index >= 15 is 0 Å². The van der Waals surface area contributed by atoms with Crippen LogP contribution in [-0.2, 0) is 0 Å². The molecule has 76 valence electrons. The maximum atomic E-state index is 11.5. The van der Waals surface area contributed by atoms with Gasteiger partial charge in [0.15, 0.2) is 5.78 Å². The molecule has 0 aliphatic heterocycles. The molecule has 2 heterocycles. The Morgan fingerprint density at radius 3 is 2.60 bits per heavy atom. The SMILES string of the molecule is CC(=O)c1c(-c2ccncc2)c[nH]c1C. The molecule has 0 aromatic carbocycles. The molecule has 0 atom stereocenters. The monoisotopic (exact) mass is 200 g/mol. The van der Waals surface area contributed by atoms with Crippen LogP contribution in [0.25, 0.3) is 11.1 Å². The summed E-state index contributed by atoms with van der Waals surface area (Å²) in [6.45, 7) is 3.49. The fourth-order valence-corrected chi connectivity index (χ4v) is 1.74. The fourth-order valence-electron chi connectivity index (χ4n) is 1.74. The summed E-state index contributed by atoms with van der Waals surface area (Å²) >= 11 is 0. The van der Waals surface area contributed by atoms with Crippen molar-refractivity contribution in [1.82, 2.24) is 9.97 Å². The number of nitrogens with one attached hydrogen (secondary N) is 1. The summed E-state index contributed by atoms with van der Waals surface area (Å²) in [5.74, 6) is 0.0839. The van der Waals surface area contributed by atoms with Gasteiger partial charge >= 0.3 is 0 Å². The Balaban J connectivity index is 2.59. The number of aryl methyl sites for hydroxylation is 1. The third kappa shape index (κ3) is 1.68. The van der Waals surface area contributed by atoms with Gasteiger partial charge in [-0.2, -0.15) is 0 Å². The van der Waals surface area contributed by atoms with Crippen molar-refractivity contribution in [2.75, 3.05) is 0 Å².